The van der Waals surface area contributed by atoms with Crippen molar-refractivity contribution >= 4 is 17.4 Å². The molecule has 5 nitrogen and oxygen atoms in total. The molecule has 23 heavy (non-hydrogen) atoms. The first-order chi connectivity index (χ1) is 10.6. The third-order valence-electron chi connectivity index (χ3n) is 2.95. The maximum Gasteiger partial charge on any atom is 0.433 e. The van der Waals surface area contributed by atoms with Gasteiger partial charge in [0, 0.05) is 11.6 Å². The van der Waals surface area contributed by atoms with Gasteiger partial charge in [0.2, 0.25) is 0 Å². The van der Waals surface area contributed by atoms with Gasteiger partial charge in [0.05, 0.1) is 17.8 Å². The number of carbonyl (C=O) groups excluding carboxylic acids is 1. The van der Waals surface area contributed by atoms with Crippen LogP contribution < -0.4 is 10.3 Å². The first-order valence-electron chi connectivity index (χ1n) is 6.21. The Bertz CT molecular complexity index is 831. The van der Waals surface area contributed by atoms with Crippen LogP contribution in [0.5, 0.6) is 6.01 Å². The topological polar surface area (TPSA) is 61.2 Å². The van der Waals surface area contributed by atoms with E-state index in [9.17, 15) is 22.8 Å². The van der Waals surface area contributed by atoms with Crippen molar-refractivity contribution in [1.29, 1.82) is 0 Å². The summed E-state index contributed by atoms with van der Waals surface area (Å²) >= 11 is 5.87. The van der Waals surface area contributed by atoms with Crippen molar-refractivity contribution in [2.45, 2.75) is 13.1 Å². The zero-order valence-corrected chi connectivity index (χ0v) is 12.7. The van der Waals surface area contributed by atoms with Crippen LogP contribution in [0.25, 0.3) is 5.69 Å². The van der Waals surface area contributed by atoms with Crippen LogP contribution in [0.4, 0.5) is 13.2 Å². The predicted octanol–water partition coefficient (Wildman–Crippen LogP) is 3.12. The maximum absolute atomic E-state index is 12.7. The highest BCUT2D eigenvalue weighted by atomic mass is 35.5. The smallest absolute Gasteiger partial charge is 0.433 e. The van der Waals surface area contributed by atoms with Gasteiger partial charge < -0.3 is 4.74 Å². The number of hydrogen-bond acceptors (Lipinski definition) is 4. The van der Waals surface area contributed by atoms with E-state index in [1.807, 2.05) is 0 Å². The Morgan fingerprint density at radius 3 is 2.48 bits per heavy atom. The summed E-state index contributed by atoms with van der Waals surface area (Å²) in [4.78, 5) is 26.9. The van der Waals surface area contributed by atoms with Crippen LogP contribution in [0, 0.1) is 0 Å². The second-order valence-electron chi connectivity index (χ2n) is 4.52. The van der Waals surface area contributed by atoms with E-state index >= 15 is 0 Å². The van der Waals surface area contributed by atoms with Crippen molar-refractivity contribution in [2.75, 3.05) is 7.11 Å². The molecule has 0 aliphatic heterocycles. The third kappa shape index (κ3) is 3.37. The first-order valence-corrected chi connectivity index (χ1v) is 6.59. The van der Waals surface area contributed by atoms with Crippen LogP contribution in [-0.2, 0) is 6.18 Å². The zero-order valence-electron chi connectivity index (χ0n) is 11.9. The quantitative estimate of drug-likeness (QED) is 0.801. The van der Waals surface area contributed by atoms with E-state index in [1.165, 1.54) is 25.1 Å². The average molecular weight is 347 g/mol. The largest absolute Gasteiger partial charge is 0.468 e. The Balaban J connectivity index is 2.72. The molecule has 0 aliphatic rings. The Morgan fingerprint density at radius 2 is 1.96 bits per heavy atom. The van der Waals surface area contributed by atoms with Crippen LogP contribution in [-0.4, -0.2) is 22.4 Å². The molecule has 0 atom stereocenters. The number of benzene rings is 1. The molecule has 122 valence electrons. The third-order valence-corrected chi connectivity index (χ3v) is 3.28. The first kappa shape index (κ1) is 17.0. The minimum Gasteiger partial charge on any atom is -0.468 e. The predicted molar refractivity (Wildman–Crippen MR) is 76.4 cm³/mol. The van der Waals surface area contributed by atoms with Crippen LogP contribution in [0.15, 0.2) is 29.1 Å². The van der Waals surface area contributed by atoms with E-state index < -0.39 is 23.4 Å². The molecule has 0 saturated carbocycles. The Labute approximate surface area is 133 Å². The summed E-state index contributed by atoms with van der Waals surface area (Å²) in [5.74, 6) is -0.358. The molecule has 0 saturated heterocycles. The molecule has 0 spiro atoms. The molecule has 2 rings (SSSR count). The number of ether oxygens (including phenoxy) is 1. The van der Waals surface area contributed by atoms with Crippen molar-refractivity contribution in [3.8, 4) is 11.7 Å². The van der Waals surface area contributed by atoms with E-state index in [1.54, 1.807) is 0 Å². The number of nitrogens with zero attached hydrogens (tertiary/aromatic N) is 2. The molecule has 2 aromatic rings. The molecule has 1 aromatic carbocycles. The summed E-state index contributed by atoms with van der Waals surface area (Å²) in [6.07, 6.45) is -4.78. The van der Waals surface area contributed by atoms with Gasteiger partial charge in [-0.2, -0.15) is 18.2 Å². The van der Waals surface area contributed by atoms with Crippen molar-refractivity contribution in [1.82, 2.24) is 9.55 Å². The minimum absolute atomic E-state index is 0.114. The van der Waals surface area contributed by atoms with Gasteiger partial charge in [0.1, 0.15) is 0 Å². The summed E-state index contributed by atoms with van der Waals surface area (Å²) in [6, 6.07) is 3.81. The maximum atomic E-state index is 12.7. The van der Waals surface area contributed by atoms with Gasteiger partial charge in [-0.3, -0.25) is 9.59 Å². The molecular weight excluding hydrogens is 337 g/mol. The van der Waals surface area contributed by atoms with Gasteiger partial charge in [0.25, 0.3) is 5.56 Å². The molecule has 0 unspecified atom stereocenters. The number of carbonyl (C=O) groups is 1. The molecule has 0 N–H and O–H groups in total. The van der Waals surface area contributed by atoms with E-state index in [2.05, 4.69) is 4.98 Å². The molecule has 0 aliphatic carbocycles. The van der Waals surface area contributed by atoms with Crippen LogP contribution in [0.1, 0.15) is 23.0 Å². The molecule has 0 bridgehead atoms. The fraction of sp³-hybridized carbons (Fsp3) is 0.214. The number of alkyl halides is 3. The van der Waals surface area contributed by atoms with Crippen molar-refractivity contribution in [2.24, 2.45) is 0 Å². The van der Waals surface area contributed by atoms with Crippen molar-refractivity contribution in [3.05, 3.63) is 50.9 Å². The van der Waals surface area contributed by atoms with E-state index in [4.69, 9.17) is 16.3 Å². The molecular formula is C14H10ClF3N2O3. The summed E-state index contributed by atoms with van der Waals surface area (Å²) in [5, 5.41) is 0.160. The average Bonchev–Trinajstić information content (AvgIpc) is 2.46. The summed E-state index contributed by atoms with van der Waals surface area (Å²) in [7, 11) is 1.08. The van der Waals surface area contributed by atoms with Crippen LogP contribution >= 0.6 is 11.6 Å². The highest BCUT2D eigenvalue weighted by molar-refractivity contribution is 6.33. The SMILES string of the molecule is COc1nc(C(F)(F)F)cc(=O)n1-c1ccc(Cl)c(C(C)=O)c1. The summed E-state index contributed by atoms with van der Waals surface area (Å²) < 4.78 is 43.7. The van der Waals surface area contributed by atoms with Gasteiger partial charge in [-0.15, -0.1) is 0 Å². The van der Waals surface area contributed by atoms with E-state index in [-0.39, 0.29) is 22.1 Å². The van der Waals surface area contributed by atoms with E-state index in [0.29, 0.717) is 6.07 Å². The molecule has 9 heteroatoms. The van der Waals surface area contributed by atoms with Gasteiger partial charge >= 0.3 is 12.2 Å². The van der Waals surface area contributed by atoms with Crippen LogP contribution in [0.2, 0.25) is 5.02 Å². The molecule has 0 radical (unpaired) electrons. The number of rotatable bonds is 3. The lowest BCUT2D eigenvalue weighted by molar-refractivity contribution is -0.141. The number of aromatic nitrogens is 2. The summed E-state index contributed by atoms with van der Waals surface area (Å²) in [6.45, 7) is 1.27. The fourth-order valence-electron chi connectivity index (χ4n) is 1.90. The standard InChI is InChI=1S/C14H10ClF3N2O3/c1-7(21)9-5-8(3-4-10(9)15)20-12(22)6-11(14(16,17)18)19-13(20)23-2/h3-6H,1-2H3. The fourth-order valence-corrected chi connectivity index (χ4v) is 2.15. The zero-order chi connectivity index (χ0) is 17.4. The lowest BCUT2D eigenvalue weighted by atomic mass is 10.1. The lowest BCUT2D eigenvalue weighted by Crippen LogP contribution is -2.24. The van der Waals surface area contributed by atoms with Gasteiger partial charge in [-0.05, 0) is 25.1 Å². The Morgan fingerprint density at radius 1 is 1.30 bits per heavy atom. The Hall–Kier alpha value is -2.35. The van der Waals surface area contributed by atoms with Crippen molar-refractivity contribution in [3.63, 3.8) is 0 Å². The number of halogens is 4. The van der Waals surface area contributed by atoms with E-state index in [0.717, 1.165) is 11.7 Å². The van der Waals surface area contributed by atoms with Gasteiger partial charge in [-0.1, -0.05) is 11.6 Å². The highest BCUT2D eigenvalue weighted by Crippen LogP contribution is 2.29. The normalized spacial score (nSPS) is 11.4. The molecule has 0 fully saturated rings. The molecule has 1 heterocycles. The molecule has 0 amide bonds. The highest BCUT2D eigenvalue weighted by Gasteiger charge is 2.34. The molecule has 1 aromatic heterocycles. The monoisotopic (exact) mass is 346 g/mol. The Kier molecular flexibility index (Phi) is 4.46. The van der Waals surface area contributed by atoms with Gasteiger partial charge in [-0.25, -0.2) is 4.57 Å². The summed E-state index contributed by atoms with van der Waals surface area (Å²) in [5.41, 5.74) is -2.13. The second kappa shape index (κ2) is 6.04. The number of ketones is 1. The van der Waals surface area contributed by atoms with Gasteiger partial charge in [0.15, 0.2) is 11.5 Å². The number of hydrogen-bond donors (Lipinski definition) is 0. The number of Topliss-reactive ketones (excluding diaryl/α,β-unsaturated/α-hetero) is 1. The minimum atomic E-state index is -4.78. The lowest BCUT2D eigenvalue weighted by Gasteiger charge is -2.14. The van der Waals surface area contributed by atoms with Crippen molar-refractivity contribution < 1.29 is 22.7 Å². The second-order valence-corrected chi connectivity index (χ2v) is 4.93. The number of methoxy groups -OCH3 is 1. The van der Waals surface area contributed by atoms with Crippen LogP contribution in [0.3, 0.4) is 0 Å².